The van der Waals surface area contributed by atoms with E-state index < -0.39 is 0 Å². The Morgan fingerprint density at radius 3 is 2.35 bits per heavy atom. The van der Waals surface area contributed by atoms with Crippen LogP contribution in [-0.4, -0.2) is 23.6 Å². The van der Waals surface area contributed by atoms with Crippen LogP contribution in [0.15, 0.2) is 43.0 Å². The van der Waals surface area contributed by atoms with Crippen LogP contribution in [0.25, 0.3) is 0 Å². The first-order valence-electron chi connectivity index (χ1n) is 7.73. The Morgan fingerprint density at radius 2 is 1.78 bits per heavy atom. The van der Waals surface area contributed by atoms with Crippen molar-refractivity contribution in [2.45, 2.75) is 27.3 Å². The molecule has 0 unspecified atom stereocenters. The normalized spacial score (nSPS) is 10.4. The van der Waals surface area contributed by atoms with E-state index in [1.165, 1.54) is 0 Å². The average Bonchev–Trinajstić information content (AvgIpc) is 2.83. The fourth-order valence-corrected chi connectivity index (χ4v) is 2.52. The molecular formula is C19H23NO3. The van der Waals surface area contributed by atoms with Crippen LogP contribution >= 0.6 is 0 Å². The molecule has 0 amide bonds. The van der Waals surface area contributed by atoms with Gasteiger partial charge in [0.05, 0.1) is 6.61 Å². The lowest BCUT2D eigenvalue weighted by Crippen LogP contribution is -2.13. The molecule has 0 saturated carbocycles. The summed E-state index contributed by atoms with van der Waals surface area (Å²) in [6.07, 6.45) is 1.82. The number of nitrogens with zero attached hydrogens (tertiary/aromatic N) is 1. The number of ketones is 1. The zero-order valence-corrected chi connectivity index (χ0v) is 14.0. The van der Waals surface area contributed by atoms with Gasteiger partial charge in [0.25, 0.3) is 0 Å². The van der Waals surface area contributed by atoms with Crippen LogP contribution in [0.1, 0.15) is 28.7 Å². The molecule has 0 bridgehead atoms. The van der Waals surface area contributed by atoms with Crippen LogP contribution in [-0.2, 0) is 6.54 Å². The van der Waals surface area contributed by atoms with Crippen molar-refractivity contribution in [2.75, 3.05) is 13.2 Å². The molecule has 1 aromatic heterocycles. The van der Waals surface area contributed by atoms with Gasteiger partial charge in [-0.3, -0.25) is 4.79 Å². The van der Waals surface area contributed by atoms with E-state index in [4.69, 9.17) is 9.47 Å². The lowest BCUT2D eigenvalue weighted by atomic mass is 10.1. The third kappa shape index (κ3) is 4.03. The van der Waals surface area contributed by atoms with Gasteiger partial charge in [0.1, 0.15) is 11.5 Å². The zero-order chi connectivity index (χ0) is 16.8. The largest absolute Gasteiger partial charge is 0.494 e. The van der Waals surface area contributed by atoms with E-state index in [0.29, 0.717) is 24.5 Å². The van der Waals surface area contributed by atoms with Crippen LogP contribution < -0.4 is 9.47 Å². The first kappa shape index (κ1) is 16.9. The molecule has 2 aromatic rings. The number of rotatable bonds is 8. The zero-order valence-electron chi connectivity index (χ0n) is 14.0. The molecule has 0 N–H and O–H groups in total. The molecule has 0 saturated heterocycles. The SMILES string of the molecule is C=CCn1c(C)cc(C(=O)COc2ccc(OCC)cc2)c1C. The van der Waals surface area contributed by atoms with Crippen molar-refractivity contribution < 1.29 is 14.3 Å². The smallest absolute Gasteiger partial charge is 0.202 e. The Labute approximate surface area is 137 Å². The highest BCUT2D eigenvalue weighted by Crippen LogP contribution is 2.19. The molecule has 1 aromatic carbocycles. The van der Waals surface area contributed by atoms with Gasteiger partial charge in [-0.1, -0.05) is 6.08 Å². The maximum absolute atomic E-state index is 12.4. The van der Waals surface area contributed by atoms with E-state index in [0.717, 1.165) is 17.1 Å². The molecule has 122 valence electrons. The first-order chi connectivity index (χ1) is 11.1. The first-order valence-corrected chi connectivity index (χ1v) is 7.73. The van der Waals surface area contributed by atoms with Crippen molar-refractivity contribution in [3.8, 4) is 11.5 Å². The number of ether oxygens (including phenoxy) is 2. The Balaban J connectivity index is 2.02. The minimum Gasteiger partial charge on any atom is -0.494 e. The number of aryl methyl sites for hydroxylation is 1. The standard InChI is InChI=1S/C19H23NO3/c1-5-11-20-14(3)12-18(15(20)4)19(21)13-23-17-9-7-16(8-10-17)22-6-2/h5,7-10,12H,1,6,11,13H2,2-4H3. The Kier molecular flexibility index (Phi) is 5.63. The minimum absolute atomic E-state index is 0.0202. The summed E-state index contributed by atoms with van der Waals surface area (Å²) < 4.78 is 13.0. The Hall–Kier alpha value is -2.49. The second-order valence-electron chi connectivity index (χ2n) is 5.30. The maximum atomic E-state index is 12.4. The quantitative estimate of drug-likeness (QED) is 0.547. The van der Waals surface area contributed by atoms with Gasteiger partial charge in [-0.25, -0.2) is 0 Å². The molecule has 0 aliphatic rings. The minimum atomic E-state index is -0.0257. The predicted octanol–water partition coefficient (Wildman–Crippen LogP) is 3.95. The molecule has 0 aliphatic heterocycles. The fourth-order valence-electron chi connectivity index (χ4n) is 2.52. The Morgan fingerprint density at radius 1 is 1.17 bits per heavy atom. The molecule has 0 aliphatic carbocycles. The second kappa shape index (κ2) is 7.68. The van der Waals surface area contributed by atoms with Gasteiger partial charge in [-0.2, -0.15) is 0 Å². The number of Topliss-reactive ketones (excluding diaryl/α,β-unsaturated/α-hetero) is 1. The number of carbonyl (C=O) groups excluding carboxylic acids is 1. The third-order valence-electron chi connectivity index (χ3n) is 3.69. The van der Waals surface area contributed by atoms with Gasteiger partial charge >= 0.3 is 0 Å². The van der Waals surface area contributed by atoms with Gasteiger partial charge in [0.2, 0.25) is 5.78 Å². The summed E-state index contributed by atoms with van der Waals surface area (Å²) in [6.45, 7) is 11.0. The number of aromatic nitrogens is 1. The Bertz CT molecular complexity index is 683. The number of allylic oxidation sites excluding steroid dienone is 1. The maximum Gasteiger partial charge on any atom is 0.202 e. The molecule has 4 nitrogen and oxygen atoms in total. The van der Waals surface area contributed by atoms with Crippen LogP contribution in [0.4, 0.5) is 0 Å². The van der Waals surface area contributed by atoms with Crippen LogP contribution in [0.5, 0.6) is 11.5 Å². The van der Waals surface area contributed by atoms with Crippen molar-refractivity contribution >= 4 is 5.78 Å². The van der Waals surface area contributed by atoms with E-state index in [9.17, 15) is 4.79 Å². The summed E-state index contributed by atoms with van der Waals surface area (Å²) in [7, 11) is 0. The molecule has 1 heterocycles. The molecule has 2 rings (SSSR count). The van der Waals surface area contributed by atoms with Crippen LogP contribution in [0, 0.1) is 13.8 Å². The molecule has 0 fully saturated rings. The van der Waals surface area contributed by atoms with Gasteiger partial charge in [-0.05, 0) is 51.1 Å². The highest BCUT2D eigenvalue weighted by Gasteiger charge is 2.15. The number of benzene rings is 1. The monoisotopic (exact) mass is 313 g/mol. The highest BCUT2D eigenvalue weighted by atomic mass is 16.5. The van der Waals surface area contributed by atoms with Crippen LogP contribution in [0.3, 0.4) is 0 Å². The number of hydrogen-bond donors (Lipinski definition) is 0. The highest BCUT2D eigenvalue weighted by molar-refractivity contribution is 5.98. The molecule has 0 radical (unpaired) electrons. The summed E-state index contributed by atoms with van der Waals surface area (Å²) in [4.78, 5) is 12.4. The van der Waals surface area contributed by atoms with E-state index in [2.05, 4.69) is 11.1 Å². The third-order valence-corrected chi connectivity index (χ3v) is 3.69. The summed E-state index contributed by atoms with van der Waals surface area (Å²) in [5.41, 5.74) is 2.70. The van der Waals surface area contributed by atoms with Crippen molar-refractivity contribution in [1.82, 2.24) is 4.57 Å². The lowest BCUT2D eigenvalue weighted by molar-refractivity contribution is 0.0921. The number of hydrogen-bond acceptors (Lipinski definition) is 3. The van der Waals surface area contributed by atoms with Crippen molar-refractivity contribution in [3.05, 3.63) is 59.9 Å². The molecule has 0 spiro atoms. The van der Waals surface area contributed by atoms with Gasteiger partial charge in [-0.15, -0.1) is 6.58 Å². The fraction of sp³-hybridized carbons (Fsp3) is 0.316. The summed E-state index contributed by atoms with van der Waals surface area (Å²) in [5.74, 6) is 1.42. The van der Waals surface area contributed by atoms with Crippen LogP contribution in [0.2, 0.25) is 0 Å². The van der Waals surface area contributed by atoms with E-state index >= 15 is 0 Å². The topological polar surface area (TPSA) is 40.5 Å². The summed E-state index contributed by atoms with van der Waals surface area (Å²) >= 11 is 0. The number of carbonyl (C=O) groups is 1. The second-order valence-corrected chi connectivity index (χ2v) is 5.30. The average molecular weight is 313 g/mol. The van der Waals surface area contributed by atoms with Crippen molar-refractivity contribution in [2.24, 2.45) is 0 Å². The molecule has 0 atom stereocenters. The molecule has 4 heteroatoms. The predicted molar refractivity (Wildman–Crippen MR) is 91.5 cm³/mol. The summed E-state index contributed by atoms with van der Waals surface area (Å²) in [5, 5.41) is 0. The summed E-state index contributed by atoms with van der Waals surface area (Å²) in [6, 6.07) is 9.18. The van der Waals surface area contributed by atoms with E-state index in [1.54, 1.807) is 12.1 Å². The van der Waals surface area contributed by atoms with Gasteiger partial charge in [0, 0.05) is 23.5 Å². The van der Waals surface area contributed by atoms with Crippen molar-refractivity contribution in [1.29, 1.82) is 0 Å². The van der Waals surface area contributed by atoms with E-state index in [1.807, 2.05) is 45.0 Å². The van der Waals surface area contributed by atoms with E-state index in [-0.39, 0.29) is 12.4 Å². The molecular weight excluding hydrogens is 290 g/mol. The lowest BCUT2D eigenvalue weighted by Gasteiger charge is -2.08. The van der Waals surface area contributed by atoms with Gasteiger partial charge in [0.15, 0.2) is 6.61 Å². The van der Waals surface area contributed by atoms with Crippen molar-refractivity contribution in [3.63, 3.8) is 0 Å². The molecule has 23 heavy (non-hydrogen) atoms. The van der Waals surface area contributed by atoms with Gasteiger partial charge < -0.3 is 14.0 Å².